The Hall–Kier alpha value is -2.66. The Balaban J connectivity index is 2.36. The number of benzene rings is 2. The van der Waals surface area contributed by atoms with E-state index in [0.717, 1.165) is 0 Å². The van der Waals surface area contributed by atoms with E-state index in [9.17, 15) is 9.59 Å². The van der Waals surface area contributed by atoms with E-state index in [0.29, 0.717) is 11.3 Å². The zero-order valence-electron chi connectivity index (χ0n) is 12.1. The fourth-order valence-electron chi connectivity index (χ4n) is 1.93. The molecule has 0 saturated carbocycles. The molecule has 1 N–H and O–H groups in total. The third kappa shape index (κ3) is 3.93. The molecule has 114 valence electrons. The van der Waals surface area contributed by atoms with Crippen molar-refractivity contribution in [1.82, 2.24) is 0 Å². The van der Waals surface area contributed by atoms with E-state index in [1.807, 2.05) is 6.07 Å². The van der Waals surface area contributed by atoms with Crippen LogP contribution in [0.15, 0.2) is 48.5 Å². The van der Waals surface area contributed by atoms with Crippen molar-refractivity contribution in [3.8, 4) is 11.5 Å². The lowest BCUT2D eigenvalue weighted by Crippen LogP contribution is -2.09. The summed E-state index contributed by atoms with van der Waals surface area (Å²) in [6, 6.07) is 13.3. The standard InChI is InChI=1S/C17H16O5/c1-12(19)22-16-11-14(21-10-9-18)7-8-15(16)17(20)13-5-3-2-4-6-13/h2-8,11,18H,9-10H2,1H3. The van der Waals surface area contributed by atoms with Crippen molar-refractivity contribution >= 4 is 11.8 Å². The molecule has 2 aromatic rings. The summed E-state index contributed by atoms with van der Waals surface area (Å²) in [7, 11) is 0. The summed E-state index contributed by atoms with van der Waals surface area (Å²) >= 11 is 0. The Kier molecular flexibility index (Phi) is 5.27. The lowest BCUT2D eigenvalue weighted by atomic mass is 10.0. The Morgan fingerprint density at radius 2 is 1.82 bits per heavy atom. The minimum atomic E-state index is -0.526. The van der Waals surface area contributed by atoms with Gasteiger partial charge in [-0.3, -0.25) is 9.59 Å². The van der Waals surface area contributed by atoms with Gasteiger partial charge in [0.2, 0.25) is 0 Å². The van der Waals surface area contributed by atoms with Crippen LogP contribution in [-0.2, 0) is 4.79 Å². The van der Waals surface area contributed by atoms with Crippen molar-refractivity contribution in [1.29, 1.82) is 0 Å². The fourth-order valence-corrected chi connectivity index (χ4v) is 1.93. The minimum absolute atomic E-state index is 0.117. The molecule has 0 bridgehead atoms. The molecule has 0 aliphatic carbocycles. The molecule has 22 heavy (non-hydrogen) atoms. The number of ketones is 1. The number of hydrogen-bond donors (Lipinski definition) is 1. The summed E-state index contributed by atoms with van der Waals surface area (Å²) in [4.78, 5) is 23.7. The maximum absolute atomic E-state index is 12.5. The maximum Gasteiger partial charge on any atom is 0.308 e. The van der Waals surface area contributed by atoms with Crippen LogP contribution in [0.3, 0.4) is 0 Å². The average Bonchev–Trinajstić information content (AvgIpc) is 2.53. The monoisotopic (exact) mass is 300 g/mol. The lowest BCUT2D eigenvalue weighted by Gasteiger charge is -2.11. The molecular formula is C17H16O5. The van der Waals surface area contributed by atoms with Gasteiger partial charge < -0.3 is 14.6 Å². The third-order valence-electron chi connectivity index (χ3n) is 2.85. The highest BCUT2D eigenvalue weighted by Crippen LogP contribution is 2.27. The van der Waals surface area contributed by atoms with Gasteiger partial charge in [0.25, 0.3) is 0 Å². The molecule has 0 radical (unpaired) electrons. The first-order valence-corrected chi connectivity index (χ1v) is 6.77. The van der Waals surface area contributed by atoms with Gasteiger partial charge in [-0.25, -0.2) is 0 Å². The molecule has 2 aromatic carbocycles. The van der Waals surface area contributed by atoms with Gasteiger partial charge in [-0.15, -0.1) is 0 Å². The molecule has 0 saturated heterocycles. The van der Waals surface area contributed by atoms with E-state index in [4.69, 9.17) is 14.6 Å². The van der Waals surface area contributed by atoms with Gasteiger partial charge in [-0.1, -0.05) is 30.3 Å². The smallest absolute Gasteiger partial charge is 0.308 e. The van der Waals surface area contributed by atoms with Crippen LogP contribution in [-0.4, -0.2) is 30.1 Å². The third-order valence-corrected chi connectivity index (χ3v) is 2.85. The molecule has 0 unspecified atom stereocenters. The van der Waals surface area contributed by atoms with Gasteiger partial charge in [0.1, 0.15) is 18.1 Å². The molecule has 0 fully saturated rings. The number of aliphatic hydroxyl groups is 1. The fraction of sp³-hybridized carbons (Fsp3) is 0.176. The second kappa shape index (κ2) is 7.38. The summed E-state index contributed by atoms with van der Waals surface area (Å²) in [5.41, 5.74) is 0.776. The first kappa shape index (κ1) is 15.7. The van der Waals surface area contributed by atoms with Gasteiger partial charge in [-0.2, -0.15) is 0 Å². The Labute approximate surface area is 128 Å². The number of ether oxygens (including phenoxy) is 2. The van der Waals surface area contributed by atoms with Crippen LogP contribution in [0, 0.1) is 0 Å². The zero-order valence-corrected chi connectivity index (χ0v) is 12.1. The van der Waals surface area contributed by atoms with Crippen molar-refractivity contribution in [3.05, 3.63) is 59.7 Å². The molecule has 0 amide bonds. The van der Waals surface area contributed by atoms with Crippen molar-refractivity contribution in [2.45, 2.75) is 6.92 Å². The van der Waals surface area contributed by atoms with Crippen molar-refractivity contribution in [2.24, 2.45) is 0 Å². The molecule has 0 aliphatic heterocycles. The van der Waals surface area contributed by atoms with Gasteiger partial charge in [0.05, 0.1) is 12.2 Å². The van der Waals surface area contributed by atoms with Crippen molar-refractivity contribution < 1.29 is 24.2 Å². The lowest BCUT2D eigenvalue weighted by molar-refractivity contribution is -0.131. The van der Waals surface area contributed by atoms with E-state index in [1.54, 1.807) is 36.4 Å². The van der Waals surface area contributed by atoms with Crippen LogP contribution in [0.5, 0.6) is 11.5 Å². The highest BCUT2D eigenvalue weighted by atomic mass is 16.5. The summed E-state index contributed by atoms with van der Waals surface area (Å²) < 4.78 is 10.4. The predicted octanol–water partition coefficient (Wildman–Crippen LogP) is 2.21. The second-order valence-electron chi connectivity index (χ2n) is 4.52. The van der Waals surface area contributed by atoms with Gasteiger partial charge in [0.15, 0.2) is 5.78 Å². The van der Waals surface area contributed by atoms with Crippen molar-refractivity contribution in [3.63, 3.8) is 0 Å². The van der Waals surface area contributed by atoms with Crippen LogP contribution in [0.1, 0.15) is 22.8 Å². The predicted molar refractivity (Wildman–Crippen MR) is 80.2 cm³/mol. The van der Waals surface area contributed by atoms with Crippen LogP contribution in [0.4, 0.5) is 0 Å². The van der Waals surface area contributed by atoms with Crippen LogP contribution in [0.2, 0.25) is 0 Å². The normalized spacial score (nSPS) is 10.1. The summed E-state index contributed by atoms with van der Waals surface area (Å²) in [6.45, 7) is 1.25. The molecular weight excluding hydrogens is 284 g/mol. The number of hydrogen-bond acceptors (Lipinski definition) is 5. The molecule has 0 aromatic heterocycles. The number of aliphatic hydroxyl groups excluding tert-OH is 1. The molecule has 0 aliphatic rings. The number of esters is 1. The molecule has 5 heteroatoms. The minimum Gasteiger partial charge on any atom is -0.491 e. The quantitative estimate of drug-likeness (QED) is 0.503. The summed E-state index contributed by atoms with van der Waals surface area (Å²) in [5.74, 6) is -0.223. The average molecular weight is 300 g/mol. The Morgan fingerprint density at radius 3 is 2.45 bits per heavy atom. The van der Waals surface area contributed by atoms with E-state index < -0.39 is 5.97 Å². The van der Waals surface area contributed by atoms with Crippen LogP contribution in [0.25, 0.3) is 0 Å². The molecule has 0 spiro atoms. The van der Waals surface area contributed by atoms with Crippen molar-refractivity contribution in [2.75, 3.05) is 13.2 Å². The topological polar surface area (TPSA) is 72.8 Å². The highest BCUT2D eigenvalue weighted by molar-refractivity contribution is 6.11. The SMILES string of the molecule is CC(=O)Oc1cc(OCCO)ccc1C(=O)c1ccccc1. The maximum atomic E-state index is 12.5. The Bertz CT molecular complexity index is 664. The molecule has 0 atom stereocenters. The van der Waals surface area contributed by atoms with Crippen LogP contribution < -0.4 is 9.47 Å². The van der Waals surface area contributed by atoms with Gasteiger partial charge in [0, 0.05) is 18.6 Å². The van der Waals surface area contributed by atoms with Crippen LogP contribution >= 0.6 is 0 Å². The van der Waals surface area contributed by atoms with Gasteiger partial charge >= 0.3 is 5.97 Å². The molecule has 0 heterocycles. The first-order chi connectivity index (χ1) is 10.6. The summed E-state index contributed by atoms with van der Waals surface area (Å²) in [5, 5.41) is 8.77. The zero-order chi connectivity index (χ0) is 15.9. The van der Waals surface area contributed by atoms with E-state index in [-0.39, 0.29) is 30.3 Å². The largest absolute Gasteiger partial charge is 0.491 e. The second-order valence-corrected chi connectivity index (χ2v) is 4.52. The van der Waals surface area contributed by atoms with E-state index in [1.165, 1.54) is 13.0 Å². The first-order valence-electron chi connectivity index (χ1n) is 6.77. The number of carbonyl (C=O) groups is 2. The number of rotatable bonds is 6. The molecule has 5 nitrogen and oxygen atoms in total. The Morgan fingerprint density at radius 1 is 1.09 bits per heavy atom. The van der Waals surface area contributed by atoms with E-state index in [2.05, 4.69) is 0 Å². The molecule has 2 rings (SSSR count). The summed E-state index contributed by atoms with van der Waals surface area (Å²) in [6.07, 6.45) is 0. The highest BCUT2D eigenvalue weighted by Gasteiger charge is 2.17. The van der Waals surface area contributed by atoms with E-state index >= 15 is 0 Å². The number of carbonyl (C=O) groups excluding carboxylic acids is 2. The van der Waals surface area contributed by atoms with Gasteiger partial charge in [-0.05, 0) is 12.1 Å².